The van der Waals surface area contributed by atoms with Gasteiger partial charge in [0.15, 0.2) is 12.2 Å². The molecule has 1 aromatic carbocycles. The van der Waals surface area contributed by atoms with E-state index in [0.717, 1.165) is 0 Å². The summed E-state index contributed by atoms with van der Waals surface area (Å²) in [7, 11) is 0. The number of rotatable bonds is 4. The molecule has 0 heterocycles. The maximum absolute atomic E-state index is 12.1. The van der Waals surface area contributed by atoms with Crippen LogP contribution in [0.1, 0.15) is 5.56 Å². The second-order valence-corrected chi connectivity index (χ2v) is 6.01. The van der Waals surface area contributed by atoms with E-state index in [4.69, 9.17) is 5.73 Å². The van der Waals surface area contributed by atoms with Gasteiger partial charge in [0, 0.05) is 0 Å². The molecular formula is C15H21NO9. The van der Waals surface area contributed by atoms with Crippen LogP contribution in [0.4, 0.5) is 0 Å². The Labute approximate surface area is 142 Å². The van der Waals surface area contributed by atoms with Crippen LogP contribution in [0.25, 0.3) is 0 Å². The number of nitrogens with two attached hydrogens (primary N) is 1. The Balaban J connectivity index is 2.10. The van der Waals surface area contributed by atoms with Crippen LogP contribution in [0.3, 0.4) is 0 Å². The molecule has 0 radical (unpaired) electrons. The number of carbonyl (C=O) groups excluding carboxylic acids is 1. The van der Waals surface area contributed by atoms with Gasteiger partial charge in [0.1, 0.15) is 30.1 Å². The van der Waals surface area contributed by atoms with E-state index in [1.54, 1.807) is 0 Å². The smallest absolute Gasteiger partial charge is 0.325 e. The van der Waals surface area contributed by atoms with Crippen LogP contribution < -0.4 is 5.73 Å². The third kappa shape index (κ3) is 3.75. The quantitative estimate of drug-likeness (QED) is 0.196. The van der Waals surface area contributed by atoms with Crippen molar-refractivity contribution in [1.29, 1.82) is 0 Å². The molecule has 2 rings (SSSR count). The van der Waals surface area contributed by atoms with E-state index >= 15 is 0 Å². The number of aromatic hydroxyl groups is 1. The number of aliphatic hydroxyl groups excluding tert-OH is 5. The van der Waals surface area contributed by atoms with Gasteiger partial charge in [-0.3, -0.25) is 4.79 Å². The van der Waals surface area contributed by atoms with E-state index < -0.39 is 48.3 Å². The van der Waals surface area contributed by atoms with Gasteiger partial charge < -0.3 is 46.2 Å². The first kappa shape index (κ1) is 19.5. The van der Waals surface area contributed by atoms with E-state index in [0.29, 0.717) is 5.56 Å². The summed E-state index contributed by atoms with van der Waals surface area (Å²) in [4.78, 5) is 12.1. The minimum absolute atomic E-state index is 0.0178. The van der Waals surface area contributed by atoms with Crippen LogP contribution >= 0.6 is 0 Å². The number of hydrogen-bond acceptors (Lipinski definition) is 10. The van der Waals surface area contributed by atoms with Crippen molar-refractivity contribution in [2.45, 2.75) is 48.8 Å². The van der Waals surface area contributed by atoms with Crippen molar-refractivity contribution in [1.82, 2.24) is 0 Å². The first-order chi connectivity index (χ1) is 11.6. The first-order valence-electron chi connectivity index (χ1n) is 7.47. The van der Waals surface area contributed by atoms with Gasteiger partial charge in [0.2, 0.25) is 0 Å². The molecule has 1 saturated carbocycles. The third-order valence-electron chi connectivity index (χ3n) is 4.15. The average molecular weight is 359 g/mol. The van der Waals surface area contributed by atoms with Crippen LogP contribution in [-0.4, -0.2) is 84.1 Å². The molecule has 9 N–H and O–H groups in total. The number of benzene rings is 1. The Hall–Kier alpha value is -1.79. The topological polar surface area (TPSA) is 194 Å². The lowest BCUT2D eigenvalue weighted by Gasteiger charge is -2.46. The fourth-order valence-electron chi connectivity index (χ4n) is 2.57. The maximum Gasteiger partial charge on any atom is 0.325 e. The second-order valence-electron chi connectivity index (χ2n) is 6.01. The average Bonchev–Trinajstić information content (AvgIpc) is 2.59. The second kappa shape index (κ2) is 7.22. The van der Waals surface area contributed by atoms with Crippen molar-refractivity contribution in [2.24, 2.45) is 5.73 Å². The highest BCUT2D eigenvalue weighted by Gasteiger charge is 2.60. The van der Waals surface area contributed by atoms with Gasteiger partial charge >= 0.3 is 5.97 Å². The predicted octanol–water partition coefficient (Wildman–Crippen LogP) is -3.69. The summed E-state index contributed by atoms with van der Waals surface area (Å²) in [5.74, 6) is -4.25. The highest BCUT2D eigenvalue weighted by molar-refractivity contribution is 5.76. The maximum atomic E-state index is 12.1. The standard InChI is InChI=1S/C15H21NO9/c16-8(5-6-1-3-7(17)4-2-6)14(23)25-15(24)12(21)10(19)9(18)11(20)13(15)22/h1-4,8-13,17-22,24H,5,16H2/t8-,9-,10-,11+,12+,13+,15-/m0/s1. The molecule has 0 aromatic heterocycles. The molecule has 1 aliphatic rings. The summed E-state index contributed by atoms with van der Waals surface area (Å²) in [6.45, 7) is 0. The predicted molar refractivity (Wildman–Crippen MR) is 80.9 cm³/mol. The number of ether oxygens (including phenoxy) is 1. The van der Waals surface area contributed by atoms with E-state index in [-0.39, 0.29) is 12.2 Å². The zero-order chi connectivity index (χ0) is 18.9. The van der Waals surface area contributed by atoms with Gasteiger partial charge in [0.05, 0.1) is 0 Å². The minimum atomic E-state index is -3.05. The van der Waals surface area contributed by atoms with Gasteiger partial charge in [-0.1, -0.05) is 12.1 Å². The summed E-state index contributed by atoms with van der Waals surface area (Å²) in [6, 6.07) is 4.46. The summed E-state index contributed by atoms with van der Waals surface area (Å²) in [5, 5.41) is 67.8. The Kier molecular flexibility index (Phi) is 5.64. The number of esters is 1. The molecule has 0 bridgehead atoms. The highest BCUT2D eigenvalue weighted by atomic mass is 16.7. The minimum Gasteiger partial charge on any atom is -0.508 e. The molecule has 0 spiro atoms. The van der Waals surface area contributed by atoms with E-state index in [1.165, 1.54) is 24.3 Å². The third-order valence-corrected chi connectivity index (χ3v) is 4.15. The van der Waals surface area contributed by atoms with Gasteiger partial charge in [-0.15, -0.1) is 0 Å². The SMILES string of the molecule is N[C@@H](Cc1ccc(O)cc1)C(=O)O[C@]1(O)[C@H](O)[C@H](O)[C@@H](O)[C@H](O)[C@H]1O. The zero-order valence-corrected chi connectivity index (χ0v) is 13.0. The van der Waals surface area contributed by atoms with Crippen LogP contribution in [0.2, 0.25) is 0 Å². The molecule has 1 aliphatic carbocycles. The van der Waals surface area contributed by atoms with Gasteiger partial charge in [-0.2, -0.15) is 0 Å². The molecule has 0 unspecified atom stereocenters. The van der Waals surface area contributed by atoms with E-state index in [9.17, 15) is 40.5 Å². The van der Waals surface area contributed by atoms with Crippen molar-refractivity contribution < 1.29 is 45.3 Å². The number of phenols is 1. The van der Waals surface area contributed by atoms with Gasteiger partial charge in [-0.25, -0.2) is 0 Å². The van der Waals surface area contributed by atoms with Crippen molar-refractivity contribution in [3.8, 4) is 5.75 Å². The molecule has 140 valence electrons. The summed E-state index contributed by atoms with van der Waals surface area (Å²) < 4.78 is 4.66. The van der Waals surface area contributed by atoms with Crippen molar-refractivity contribution in [2.75, 3.05) is 0 Å². The van der Waals surface area contributed by atoms with Crippen LogP contribution in [-0.2, 0) is 16.0 Å². The fraction of sp³-hybridized carbons (Fsp3) is 0.533. The molecule has 10 nitrogen and oxygen atoms in total. The molecular weight excluding hydrogens is 338 g/mol. The monoisotopic (exact) mass is 359 g/mol. The lowest BCUT2D eigenvalue weighted by molar-refractivity contribution is -0.348. The lowest BCUT2D eigenvalue weighted by atomic mass is 9.82. The Morgan fingerprint density at radius 3 is 2.00 bits per heavy atom. The molecule has 0 saturated heterocycles. The molecule has 0 amide bonds. The molecule has 0 aliphatic heterocycles. The normalized spacial score (nSPS) is 36.7. The Morgan fingerprint density at radius 2 is 1.52 bits per heavy atom. The number of hydrogen-bond donors (Lipinski definition) is 8. The highest BCUT2D eigenvalue weighted by Crippen LogP contribution is 2.31. The zero-order valence-electron chi connectivity index (χ0n) is 13.0. The number of aliphatic hydroxyl groups is 6. The van der Waals surface area contributed by atoms with E-state index in [1.807, 2.05) is 0 Å². The van der Waals surface area contributed by atoms with Crippen molar-refractivity contribution in [3.63, 3.8) is 0 Å². The lowest BCUT2D eigenvalue weighted by Crippen LogP contribution is -2.72. The van der Waals surface area contributed by atoms with Gasteiger partial charge in [-0.05, 0) is 24.1 Å². The molecule has 7 atom stereocenters. The molecule has 1 fully saturated rings. The molecule has 1 aromatic rings. The summed E-state index contributed by atoms with van der Waals surface area (Å²) in [6.07, 6.45) is -10.7. The Bertz CT molecular complexity index is 592. The molecule has 10 heteroatoms. The molecule has 25 heavy (non-hydrogen) atoms. The fourth-order valence-corrected chi connectivity index (χ4v) is 2.57. The largest absolute Gasteiger partial charge is 0.508 e. The van der Waals surface area contributed by atoms with Crippen LogP contribution in [0.15, 0.2) is 24.3 Å². The Morgan fingerprint density at radius 1 is 1.04 bits per heavy atom. The first-order valence-corrected chi connectivity index (χ1v) is 7.47. The number of phenolic OH excluding ortho intramolecular Hbond substituents is 1. The van der Waals surface area contributed by atoms with Crippen molar-refractivity contribution >= 4 is 5.97 Å². The van der Waals surface area contributed by atoms with Gasteiger partial charge in [0.25, 0.3) is 5.79 Å². The van der Waals surface area contributed by atoms with Crippen LogP contribution in [0, 0.1) is 0 Å². The number of carbonyl (C=O) groups is 1. The summed E-state index contributed by atoms with van der Waals surface area (Å²) in [5.41, 5.74) is 6.23. The van der Waals surface area contributed by atoms with E-state index in [2.05, 4.69) is 4.74 Å². The summed E-state index contributed by atoms with van der Waals surface area (Å²) >= 11 is 0. The van der Waals surface area contributed by atoms with Crippen molar-refractivity contribution in [3.05, 3.63) is 29.8 Å². The van der Waals surface area contributed by atoms with Crippen LogP contribution in [0.5, 0.6) is 5.75 Å².